The second-order valence-electron chi connectivity index (χ2n) is 3.96. The first-order valence-corrected chi connectivity index (χ1v) is 6.07. The Morgan fingerprint density at radius 1 is 1.44 bits per heavy atom. The first-order chi connectivity index (χ1) is 7.45. The summed E-state index contributed by atoms with van der Waals surface area (Å²) in [6, 6.07) is 4.11. The Bertz CT molecular complexity index is 392. The van der Waals surface area contributed by atoms with Gasteiger partial charge in [0.15, 0.2) is 6.10 Å². The van der Waals surface area contributed by atoms with Crippen LogP contribution in [0.5, 0.6) is 0 Å². The maximum atomic E-state index is 9.35. The van der Waals surface area contributed by atoms with Crippen LogP contribution in [0.15, 0.2) is 6.07 Å². The molecule has 1 rings (SSSR count). The number of aryl methyl sites for hydroxylation is 2. The van der Waals surface area contributed by atoms with Crippen molar-refractivity contribution in [2.45, 2.75) is 46.0 Å². The van der Waals surface area contributed by atoms with Gasteiger partial charge in [0.25, 0.3) is 0 Å². The molecule has 1 heterocycles. The third kappa shape index (κ3) is 3.05. The average Bonchev–Trinajstić information content (AvgIpc) is 2.53. The molecule has 0 saturated heterocycles. The molecule has 4 heteroatoms. The molecule has 0 amide bonds. The van der Waals surface area contributed by atoms with E-state index in [1.54, 1.807) is 25.2 Å². The lowest BCUT2D eigenvalue weighted by molar-refractivity contribution is -0.0426. The van der Waals surface area contributed by atoms with E-state index in [1.807, 2.05) is 19.9 Å². The number of rotatable bonds is 4. The van der Waals surface area contributed by atoms with Crippen LogP contribution >= 0.6 is 11.3 Å². The Morgan fingerprint density at radius 2 is 2.06 bits per heavy atom. The van der Waals surface area contributed by atoms with E-state index < -0.39 is 12.2 Å². The molecular weight excluding hydrogens is 222 g/mol. The zero-order valence-electron chi connectivity index (χ0n) is 10.0. The molecule has 0 fully saturated rings. The Hall–Kier alpha value is -0.890. The standard InChI is InChI=1S/C12H17NO2S/c1-7-5-11(10(4)16-7)12(6-13)15-9(3)8(2)14/h5,8-9,12,14H,1-4H3. The van der Waals surface area contributed by atoms with Crippen molar-refractivity contribution in [3.8, 4) is 6.07 Å². The van der Waals surface area contributed by atoms with Crippen molar-refractivity contribution >= 4 is 11.3 Å². The van der Waals surface area contributed by atoms with E-state index in [1.165, 1.54) is 4.88 Å². The first kappa shape index (κ1) is 13.2. The third-order valence-corrected chi connectivity index (χ3v) is 3.49. The summed E-state index contributed by atoms with van der Waals surface area (Å²) in [5, 5.41) is 18.4. The Kier molecular flexibility index (Phi) is 4.48. The van der Waals surface area contributed by atoms with Gasteiger partial charge in [0.05, 0.1) is 18.3 Å². The first-order valence-electron chi connectivity index (χ1n) is 5.25. The number of hydrogen-bond donors (Lipinski definition) is 1. The fourth-order valence-electron chi connectivity index (χ4n) is 1.41. The molecule has 0 aliphatic heterocycles. The van der Waals surface area contributed by atoms with Crippen LogP contribution in [0.2, 0.25) is 0 Å². The lowest BCUT2D eigenvalue weighted by Crippen LogP contribution is -2.24. The molecule has 0 aliphatic rings. The van der Waals surface area contributed by atoms with Gasteiger partial charge in [-0.3, -0.25) is 0 Å². The van der Waals surface area contributed by atoms with Crippen molar-refractivity contribution < 1.29 is 9.84 Å². The molecule has 16 heavy (non-hydrogen) atoms. The Labute approximate surface area is 100 Å². The topological polar surface area (TPSA) is 53.2 Å². The van der Waals surface area contributed by atoms with Crippen molar-refractivity contribution in [1.82, 2.24) is 0 Å². The summed E-state index contributed by atoms with van der Waals surface area (Å²) in [6.07, 6.45) is -1.50. The summed E-state index contributed by atoms with van der Waals surface area (Å²) >= 11 is 1.65. The van der Waals surface area contributed by atoms with Gasteiger partial charge in [0, 0.05) is 15.3 Å². The highest BCUT2D eigenvalue weighted by molar-refractivity contribution is 7.12. The average molecular weight is 239 g/mol. The molecule has 3 unspecified atom stereocenters. The molecule has 1 N–H and O–H groups in total. The van der Waals surface area contributed by atoms with Gasteiger partial charge in [-0.05, 0) is 33.8 Å². The Morgan fingerprint density at radius 3 is 2.44 bits per heavy atom. The van der Waals surface area contributed by atoms with E-state index in [4.69, 9.17) is 10.00 Å². The molecule has 0 aliphatic carbocycles. The minimum atomic E-state index is -0.588. The minimum Gasteiger partial charge on any atom is -0.391 e. The molecule has 0 aromatic carbocycles. The minimum absolute atomic E-state index is 0.343. The Balaban J connectivity index is 2.84. The molecule has 3 nitrogen and oxygen atoms in total. The molecule has 3 atom stereocenters. The highest BCUT2D eigenvalue weighted by atomic mass is 32.1. The maximum Gasteiger partial charge on any atom is 0.170 e. The van der Waals surface area contributed by atoms with Gasteiger partial charge in [0.2, 0.25) is 0 Å². The van der Waals surface area contributed by atoms with E-state index in [-0.39, 0.29) is 6.10 Å². The summed E-state index contributed by atoms with van der Waals surface area (Å²) in [6.45, 7) is 7.41. The number of aliphatic hydroxyl groups is 1. The zero-order chi connectivity index (χ0) is 12.3. The van der Waals surface area contributed by atoms with Crippen molar-refractivity contribution in [2.24, 2.45) is 0 Å². The normalized spacial score (nSPS) is 16.5. The number of aliphatic hydroxyl groups excluding tert-OH is 1. The molecule has 0 saturated carbocycles. The molecule has 0 radical (unpaired) electrons. The van der Waals surface area contributed by atoms with Crippen LogP contribution in [0.1, 0.15) is 35.3 Å². The molecule has 1 aromatic rings. The van der Waals surface area contributed by atoms with Gasteiger partial charge >= 0.3 is 0 Å². The van der Waals surface area contributed by atoms with Gasteiger partial charge in [-0.15, -0.1) is 11.3 Å². The summed E-state index contributed by atoms with van der Waals surface area (Å²) in [7, 11) is 0. The summed E-state index contributed by atoms with van der Waals surface area (Å²) in [5.74, 6) is 0. The molecule has 0 spiro atoms. The lowest BCUT2D eigenvalue weighted by Gasteiger charge is -2.19. The van der Waals surface area contributed by atoms with Crippen LogP contribution in [0.4, 0.5) is 0 Å². The van der Waals surface area contributed by atoms with Gasteiger partial charge in [-0.1, -0.05) is 0 Å². The van der Waals surface area contributed by atoms with E-state index in [9.17, 15) is 5.11 Å². The predicted molar refractivity (Wildman–Crippen MR) is 64.4 cm³/mol. The molecule has 1 aromatic heterocycles. The number of nitriles is 1. The van der Waals surface area contributed by atoms with Gasteiger partial charge in [-0.25, -0.2) is 0 Å². The maximum absolute atomic E-state index is 9.35. The van der Waals surface area contributed by atoms with Gasteiger partial charge in [-0.2, -0.15) is 5.26 Å². The SMILES string of the molecule is Cc1cc(C(C#N)OC(C)C(C)O)c(C)s1. The molecular formula is C12H17NO2S. The third-order valence-electron chi connectivity index (χ3n) is 2.51. The van der Waals surface area contributed by atoms with Crippen LogP contribution in [0.25, 0.3) is 0 Å². The van der Waals surface area contributed by atoms with E-state index >= 15 is 0 Å². The summed E-state index contributed by atoms with van der Waals surface area (Å²) in [4.78, 5) is 2.27. The monoisotopic (exact) mass is 239 g/mol. The van der Waals surface area contributed by atoms with Crippen molar-refractivity contribution in [3.05, 3.63) is 21.4 Å². The van der Waals surface area contributed by atoms with Crippen LogP contribution in [-0.4, -0.2) is 17.3 Å². The van der Waals surface area contributed by atoms with Crippen molar-refractivity contribution in [3.63, 3.8) is 0 Å². The molecule has 0 bridgehead atoms. The fourth-order valence-corrected chi connectivity index (χ4v) is 2.37. The van der Waals surface area contributed by atoms with Crippen molar-refractivity contribution in [2.75, 3.05) is 0 Å². The highest BCUT2D eigenvalue weighted by Crippen LogP contribution is 2.29. The van der Waals surface area contributed by atoms with Crippen LogP contribution < -0.4 is 0 Å². The smallest absolute Gasteiger partial charge is 0.170 e. The fraction of sp³-hybridized carbons (Fsp3) is 0.583. The van der Waals surface area contributed by atoms with Crippen LogP contribution in [0, 0.1) is 25.2 Å². The highest BCUT2D eigenvalue weighted by Gasteiger charge is 2.20. The lowest BCUT2D eigenvalue weighted by atomic mass is 10.1. The summed E-state index contributed by atoms with van der Waals surface area (Å²) < 4.78 is 5.54. The van der Waals surface area contributed by atoms with Crippen molar-refractivity contribution in [1.29, 1.82) is 5.26 Å². The van der Waals surface area contributed by atoms with Gasteiger partial charge < -0.3 is 9.84 Å². The predicted octanol–water partition coefficient (Wildman–Crippen LogP) is 2.72. The quantitative estimate of drug-likeness (QED) is 0.879. The zero-order valence-corrected chi connectivity index (χ0v) is 10.8. The largest absolute Gasteiger partial charge is 0.391 e. The second-order valence-corrected chi connectivity index (χ2v) is 5.42. The van der Waals surface area contributed by atoms with E-state index in [0.717, 1.165) is 10.4 Å². The number of nitrogens with zero attached hydrogens (tertiary/aromatic N) is 1. The van der Waals surface area contributed by atoms with Crippen LogP contribution in [-0.2, 0) is 4.74 Å². The second kappa shape index (κ2) is 5.44. The molecule has 88 valence electrons. The van der Waals surface area contributed by atoms with Crippen LogP contribution in [0.3, 0.4) is 0 Å². The van der Waals surface area contributed by atoms with E-state index in [0.29, 0.717) is 0 Å². The number of hydrogen-bond acceptors (Lipinski definition) is 4. The summed E-state index contributed by atoms with van der Waals surface area (Å²) in [5.41, 5.74) is 0.914. The number of thiophene rings is 1. The van der Waals surface area contributed by atoms with Gasteiger partial charge in [0.1, 0.15) is 0 Å². The number of ether oxygens (including phenoxy) is 1. The van der Waals surface area contributed by atoms with E-state index in [2.05, 4.69) is 6.07 Å².